The van der Waals surface area contributed by atoms with E-state index in [9.17, 15) is 13.2 Å². The maximum Gasteiger partial charge on any atom is 0.392 e. The molecule has 1 nitrogen and oxygen atoms in total. The van der Waals surface area contributed by atoms with E-state index in [0.717, 1.165) is 0 Å². The molecule has 0 saturated heterocycles. The molecule has 1 aliphatic carbocycles. The number of alkyl halides is 3. The van der Waals surface area contributed by atoms with E-state index in [1.165, 1.54) is 0 Å². The molecule has 0 heterocycles. The Morgan fingerprint density at radius 1 is 1.50 bits per heavy atom. The van der Waals surface area contributed by atoms with Crippen molar-refractivity contribution < 1.29 is 13.2 Å². The zero-order valence-corrected chi connectivity index (χ0v) is 5.70. The number of halogens is 3. The molecule has 10 heavy (non-hydrogen) atoms. The zero-order valence-electron chi connectivity index (χ0n) is 5.70. The highest BCUT2D eigenvalue weighted by Gasteiger charge is 2.54. The molecule has 1 aliphatic rings. The van der Waals surface area contributed by atoms with Gasteiger partial charge in [-0.3, -0.25) is 0 Å². The number of nitrogens with one attached hydrogen (secondary N) is 1. The van der Waals surface area contributed by atoms with Gasteiger partial charge in [0, 0.05) is 0 Å². The SMILES string of the molecule is CNC[C@H]1C[C@@H]1C(F)(F)F. The summed E-state index contributed by atoms with van der Waals surface area (Å²) in [5, 5.41) is 2.73. The van der Waals surface area contributed by atoms with Crippen LogP contribution in [0.25, 0.3) is 0 Å². The van der Waals surface area contributed by atoms with E-state index < -0.39 is 12.1 Å². The molecule has 1 N–H and O–H groups in total. The molecular formula is C6H10F3N. The summed E-state index contributed by atoms with van der Waals surface area (Å²) >= 11 is 0. The second kappa shape index (κ2) is 2.42. The molecule has 0 aliphatic heterocycles. The van der Waals surface area contributed by atoms with Gasteiger partial charge in [-0.25, -0.2) is 0 Å². The van der Waals surface area contributed by atoms with Crippen molar-refractivity contribution in [2.24, 2.45) is 11.8 Å². The molecule has 0 unspecified atom stereocenters. The predicted molar refractivity (Wildman–Crippen MR) is 31.6 cm³/mol. The van der Waals surface area contributed by atoms with Crippen molar-refractivity contribution in [1.82, 2.24) is 5.32 Å². The minimum absolute atomic E-state index is 0.162. The van der Waals surface area contributed by atoms with Gasteiger partial charge < -0.3 is 5.32 Å². The minimum Gasteiger partial charge on any atom is -0.319 e. The maximum atomic E-state index is 11.8. The monoisotopic (exact) mass is 153 g/mol. The molecule has 1 fully saturated rings. The fourth-order valence-electron chi connectivity index (χ4n) is 1.14. The van der Waals surface area contributed by atoms with Crippen LogP contribution in [-0.4, -0.2) is 19.8 Å². The third kappa shape index (κ3) is 1.62. The Bertz CT molecular complexity index is 121. The van der Waals surface area contributed by atoms with E-state index in [2.05, 4.69) is 5.32 Å². The van der Waals surface area contributed by atoms with Crippen LogP contribution in [0.15, 0.2) is 0 Å². The predicted octanol–water partition coefficient (Wildman–Crippen LogP) is 1.40. The van der Waals surface area contributed by atoms with E-state index in [4.69, 9.17) is 0 Å². The molecule has 0 aromatic carbocycles. The molecule has 4 heteroatoms. The Morgan fingerprint density at radius 3 is 2.40 bits per heavy atom. The Balaban J connectivity index is 2.25. The second-order valence-corrected chi connectivity index (χ2v) is 2.70. The van der Waals surface area contributed by atoms with E-state index >= 15 is 0 Å². The van der Waals surface area contributed by atoms with Crippen molar-refractivity contribution in [3.05, 3.63) is 0 Å². The van der Waals surface area contributed by atoms with Gasteiger partial charge in [0.05, 0.1) is 5.92 Å². The van der Waals surface area contributed by atoms with Crippen LogP contribution in [0.3, 0.4) is 0 Å². The number of rotatable bonds is 2. The van der Waals surface area contributed by atoms with Crippen LogP contribution in [0.1, 0.15) is 6.42 Å². The van der Waals surface area contributed by atoms with Crippen molar-refractivity contribution in [1.29, 1.82) is 0 Å². The van der Waals surface area contributed by atoms with Gasteiger partial charge in [0.25, 0.3) is 0 Å². The lowest BCUT2D eigenvalue weighted by atomic mass is 10.3. The van der Waals surface area contributed by atoms with Gasteiger partial charge >= 0.3 is 6.18 Å². The molecular weight excluding hydrogens is 143 g/mol. The van der Waals surface area contributed by atoms with Crippen LogP contribution < -0.4 is 5.32 Å². The van der Waals surface area contributed by atoms with Crippen molar-refractivity contribution in [3.63, 3.8) is 0 Å². The molecule has 0 amide bonds. The number of hydrogen-bond donors (Lipinski definition) is 1. The standard InChI is InChI=1S/C6H10F3N/c1-10-3-4-2-5(4)6(7,8)9/h4-5,10H,2-3H2,1H3/t4-,5+/m1/s1. The second-order valence-electron chi connectivity index (χ2n) is 2.70. The van der Waals surface area contributed by atoms with Gasteiger partial charge in [-0.2, -0.15) is 13.2 Å². The molecule has 0 aromatic heterocycles. The summed E-state index contributed by atoms with van der Waals surface area (Å²) in [4.78, 5) is 0. The summed E-state index contributed by atoms with van der Waals surface area (Å²) in [6, 6.07) is 0. The average molecular weight is 153 g/mol. The molecule has 60 valence electrons. The Labute approximate surface area is 57.6 Å². The highest BCUT2D eigenvalue weighted by Crippen LogP contribution is 2.49. The van der Waals surface area contributed by atoms with E-state index in [-0.39, 0.29) is 5.92 Å². The van der Waals surface area contributed by atoms with Gasteiger partial charge in [0.1, 0.15) is 0 Å². The summed E-state index contributed by atoms with van der Waals surface area (Å²) in [6.45, 7) is 0.490. The van der Waals surface area contributed by atoms with Gasteiger partial charge in [-0.05, 0) is 25.9 Å². The smallest absolute Gasteiger partial charge is 0.319 e. The minimum atomic E-state index is -3.96. The molecule has 1 saturated carbocycles. The first kappa shape index (κ1) is 7.85. The summed E-state index contributed by atoms with van der Waals surface area (Å²) in [5.41, 5.74) is 0. The third-order valence-electron chi connectivity index (χ3n) is 1.81. The molecule has 1 rings (SSSR count). The van der Waals surface area contributed by atoms with Gasteiger partial charge in [0.2, 0.25) is 0 Å². The molecule has 0 aromatic rings. The van der Waals surface area contributed by atoms with Crippen LogP contribution in [0.4, 0.5) is 13.2 Å². The lowest BCUT2D eigenvalue weighted by Crippen LogP contribution is -2.17. The molecule has 0 radical (unpaired) electrons. The normalized spacial score (nSPS) is 32.4. The van der Waals surface area contributed by atoms with Crippen LogP contribution in [-0.2, 0) is 0 Å². The van der Waals surface area contributed by atoms with Crippen LogP contribution in [0.5, 0.6) is 0 Å². The first-order valence-corrected chi connectivity index (χ1v) is 3.27. The fraction of sp³-hybridized carbons (Fsp3) is 1.00. The molecule has 0 spiro atoms. The zero-order chi connectivity index (χ0) is 7.78. The topological polar surface area (TPSA) is 12.0 Å². The van der Waals surface area contributed by atoms with Crippen molar-refractivity contribution in [2.45, 2.75) is 12.6 Å². The van der Waals surface area contributed by atoms with Gasteiger partial charge in [-0.1, -0.05) is 0 Å². The van der Waals surface area contributed by atoms with Gasteiger partial charge in [-0.15, -0.1) is 0 Å². The summed E-state index contributed by atoms with van der Waals surface area (Å²) in [5.74, 6) is -1.19. The average Bonchev–Trinajstić information content (AvgIpc) is 2.44. The first-order chi connectivity index (χ1) is 4.55. The lowest BCUT2D eigenvalue weighted by Gasteiger charge is -2.03. The highest BCUT2D eigenvalue weighted by atomic mass is 19.4. The number of hydrogen-bond acceptors (Lipinski definition) is 1. The fourth-order valence-corrected chi connectivity index (χ4v) is 1.14. The Hall–Kier alpha value is -0.250. The van der Waals surface area contributed by atoms with Crippen molar-refractivity contribution in [3.8, 4) is 0 Å². The van der Waals surface area contributed by atoms with E-state index in [0.29, 0.717) is 13.0 Å². The maximum absolute atomic E-state index is 11.8. The Kier molecular flexibility index (Phi) is 1.90. The van der Waals surface area contributed by atoms with Crippen molar-refractivity contribution in [2.75, 3.05) is 13.6 Å². The molecule has 2 atom stereocenters. The largest absolute Gasteiger partial charge is 0.392 e. The summed E-state index contributed by atoms with van der Waals surface area (Å²) < 4.78 is 35.4. The Morgan fingerprint density at radius 2 is 2.10 bits per heavy atom. The lowest BCUT2D eigenvalue weighted by molar-refractivity contribution is -0.150. The summed E-state index contributed by atoms with van der Waals surface area (Å²) in [7, 11) is 1.67. The van der Waals surface area contributed by atoms with E-state index in [1.807, 2.05) is 0 Å². The van der Waals surface area contributed by atoms with Gasteiger partial charge in [0.15, 0.2) is 0 Å². The van der Waals surface area contributed by atoms with Crippen LogP contribution in [0, 0.1) is 11.8 Å². The van der Waals surface area contributed by atoms with Crippen LogP contribution >= 0.6 is 0 Å². The van der Waals surface area contributed by atoms with Crippen molar-refractivity contribution >= 4 is 0 Å². The highest BCUT2D eigenvalue weighted by molar-refractivity contribution is 4.92. The first-order valence-electron chi connectivity index (χ1n) is 3.27. The van der Waals surface area contributed by atoms with Crippen LogP contribution in [0.2, 0.25) is 0 Å². The summed E-state index contributed by atoms with van der Waals surface area (Å²) in [6.07, 6.45) is -3.65. The quantitative estimate of drug-likeness (QED) is 0.632. The molecule has 0 bridgehead atoms. The van der Waals surface area contributed by atoms with E-state index in [1.54, 1.807) is 7.05 Å². The third-order valence-corrected chi connectivity index (χ3v) is 1.81.